The van der Waals surface area contributed by atoms with Crippen LogP contribution in [0, 0.1) is 5.92 Å². The molecule has 0 aliphatic carbocycles. The lowest BCUT2D eigenvalue weighted by molar-refractivity contribution is -0.117. The van der Waals surface area contributed by atoms with Gasteiger partial charge in [-0.2, -0.15) is 0 Å². The number of likely N-dealkylation sites (tertiary alicyclic amines) is 1. The van der Waals surface area contributed by atoms with E-state index in [1.165, 1.54) is 6.92 Å². The molecule has 3 aromatic rings. The SMILES string of the molecule is CC(=O)c1ccc(NC(=O)CN2CCC(Cn3ccnc3-c3ccccc3)CC2)cc1. The van der Waals surface area contributed by atoms with Gasteiger partial charge in [-0.1, -0.05) is 30.3 Å². The van der Waals surface area contributed by atoms with E-state index in [-0.39, 0.29) is 11.7 Å². The monoisotopic (exact) mass is 416 g/mol. The molecule has 0 radical (unpaired) electrons. The standard InChI is InChI=1S/C25H28N4O2/c1-19(30)21-7-9-23(10-8-21)27-24(31)18-28-14-11-20(12-15-28)17-29-16-13-26-25(29)22-5-3-2-4-6-22/h2-10,13,16,20H,11-12,14-15,17-18H2,1H3,(H,27,31). The minimum Gasteiger partial charge on any atom is -0.331 e. The normalized spacial score (nSPS) is 15.0. The zero-order valence-electron chi connectivity index (χ0n) is 17.8. The Bertz CT molecular complexity index is 1020. The van der Waals surface area contributed by atoms with Gasteiger partial charge < -0.3 is 9.88 Å². The van der Waals surface area contributed by atoms with Gasteiger partial charge in [0.2, 0.25) is 5.91 Å². The minimum atomic E-state index is -0.0185. The topological polar surface area (TPSA) is 67.2 Å². The van der Waals surface area contributed by atoms with Crippen molar-refractivity contribution in [2.45, 2.75) is 26.3 Å². The summed E-state index contributed by atoms with van der Waals surface area (Å²) in [5, 5.41) is 2.92. The van der Waals surface area contributed by atoms with Crippen LogP contribution in [0.1, 0.15) is 30.1 Å². The first-order valence-corrected chi connectivity index (χ1v) is 10.8. The highest BCUT2D eigenvalue weighted by Crippen LogP contribution is 2.23. The molecular formula is C25H28N4O2. The van der Waals surface area contributed by atoms with E-state index in [9.17, 15) is 9.59 Å². The number of rotatable bonds is 7. The van der Waals surface area contributed by atoms with E-state index in [0.29, 0.717) is 18.0 Å². The summed E-state index contributed by atoms with van der Waals surface area (Å²) in [6, 6.07) is 17.3. The molecule has 1 aliphatic heterocycles. The Hall–Kier alpha value is -3.25. The fourth-order valence-corrected chi connectivity index (χ4v) is 4.10. The van der Waals surface area contributed by atoms with Gasteiger partial charge in [-0.3, -0.25) is 14.5 Å². The highest BCUT2D eigenvalue weighted by atomic mass is 16.2. The lowest BCUT2D eigenvalue weighted by atomic mass is 9.96. The molecule has 160 valence electrons. The number of Topliss-reactive ketones (excluding diaryl/α,β-unsaturated/α-hetero) is 1. The van der Waals surface area contributed by atoms with E-state index in [2.05, 4.69) is 38.1 Å². The van der Waals surface area contributed by atoms with Gasteiger partial charge in [-0.05, 0) is 63.0 Å². The van der Waals surface area contributed by atoms with E-state index >= 15 is 0 Å². The summed E-state index contributed by atoms with van der Waals surface area (Å²) in [7, 11) is 0. The van der Waals surface area contributed by atoms with E-state index in [1.807, 2.05) is 24.4 Å². The van der Waals surface area contributed by atoms with Gasteiger partial charge in [-0.15, -0.1) is 0 Å². The average molecular weight is 417 g/mol. The molecule has 1 amide bonds. The Balaban J connectivity index is 1.25. The van der Waals surface area contributed by atoms with E-state index in [0.717, 1.165) is 49.6 Å². The van der Waals surface area contributed by atoms with Gasteiger partial charge in [0.05, 0.1) is 6.54 Å². The molecule has 6 nitrogen and oxygen atoms in total. The van der Waals surface area contributed by atoms with Gasteiger partial charge in [-0.25, -0.2) is 4.98 Å². The third-order valence-electron chi connectivity index (χ3n) is 5.85. The molecule has 4 rings (SSSR count). The molecule has 0 saturated carbocycles. The number of carbonyl (C=O) groups is 2. The summed E-state index contributed by atoms with van der Waals surface area (Å²) in [5.41, 5.74) is 2.50. The van der Waals surface area contributed by atoms with Gasteiger partial charge in [0, 0.05) is 35.8 Å². The molecular weight excluding hydrogens is 388 g/mol. The number of carbonyl (C=O) groups excluding carboxylic acids is 2. The first kappa shape index (κ1) is 21.0. The Morgan fingerprint density at radius 1 is 1.03 bits per heavy atom. The van der Waals surface area contributed by atoms with Crippen molar-refractivity contribution >= 4 is 17.4 Å². The first-order chi connectivity index (χ1) is 15.1. The van der Waals surface area contributed by atoms with Crippen molar-refractivity contribution < 1.29 is 9.59 Å². The van der Waals surface area contributed by atoms with Crippen LogP contribution in [0.4, 0.5) is 5.69 Å². The Labute approximate surface area is 182 Å². The summed E-state index contributed by atoms with van der Waals surface area (Å²) in [4.78, 5) is 30.5. The van der Waals surface area contributed by atoms with Gasteiger partial charge in [0.25, 0.3) is 0 Å². The predicted molar refractivity (Wildman–Crippen MR) is 122 cm³/mol. The molecule has 1 saturated heterocycles. The number of hydrogen-bond donors (Lipinski definition) is 1. The van der Waals surface area contributed by atoms with Crippen LogP contribution in [0.5, 0.6) is 0 Å². The zero-order chi connectivity index (χ0) is 21.6. The number of nitrogens with zero attached hydrogens (tertiary/aromatic N) is 3. The van der Waals surface area contributed by atoms with Crippen LogP contribution < -0.4 is 5.32 Å². The van der Waals surface area contributed by atoms with Crippen molar-refractivity contribution in [1.82, 2.24) is 14.5 Å². The van der Waals surface area contributed by atoms with Crippen molar-refractivity contribution in [2.24, 2.45) is 5.92 Å². The maximum atomic E-state index is 12.4. The largest absolute Gasteiger partial charge is 0.331 e. The third-order valence-corrected chi connectivity index (χ3v) is 5.85. The van der Waals surface area contributed by atoms with E-state index in [1.54, 1.807) is 24.3 Å². The smallest absolute Gasteiger partial charge is 0.238 e. The van der Waals surface area contributed by atoms with Crippen molar-refractivity contribution in [3.05, 3.63) is 72.6 Å². The molecule has 1 fully saturated rings. The predicted octanol–water partition coefficient (Wildman–Crippen LogP) is 4.10. The molecule has 1 N–H and O–H groups in total. The minimum absolute atomic E-state index is 0.0185. The highest BCUT2D eigenvalue weighted by Gasteiger charge is 2.22. The number of anilines is 1. The molecule has 1 aromatic heterocycles. The molecule has 0 atom stereocenters. The van der Waals surface area contributed by atoms with Crippen LogP contribution in [-0.4, -0.2) is 45.8 Å². The number of piperidine rings is 1. The number of aromatic nitrogens is 2. The quantitative estimate of drug-likeness (QED) is 0.589. The van der Waals surface area contributed by atoms with Crippen LogP contribution in [0.15, 0.2) is 67.0 Å². The van der Waals surface area contributed by atoms with Crippen molar-refractivity contribution in [3.63, 3.8) is 0 Å². The lowest BCUT2D eigenvalue weighted by Gasteiger charge is -2.31. The van der Waals surface area contributed by atoms with E-state index < -0.39 is 0 Å². The molecule has 31 heavy (non-hydrogen) atoms. The summed E-state index contributed by atoms with van der Waals surface area (Å²) < 4.78 is 2.24. The zero-order valence-corrected chi connectivity index (χ0v) is 17.8. The van der Waals surface area contributed by atoms with Crippen molar-refractivity contribution in [2.75, 3.05) is 25.0 Å². The third kappa shape index (κ3) is 5.47. The van der Waals surface area contributed by atoms with E-state index in [4.69, 9.17) is 0 Å². The second kappa shape index (κ2) is 9.71. The van der Waals surface area contributed by atoms with Gasteiger partial charge >= 0.3 is 0 Å². The Morgan fingerprint density at radius 3 is 2.42 bits per heavy atom. The number of ketones is 1. The van der Waals surface area contributed by atoms with Gasteiger partial charge in [0.1, 0.15) is 5.82 Å². The number of nitrogens with one attached hydrogen (secondary N) is 1. The number of benzene rings is 2. The second-order valence-electron chi connectivity index (χ2n) is 8.17. The molecule has 2 aromatic carbocycles. The number of imidazole rings is 1. The molecule has 2 heterocycles. The molecule has 0 bridgehead atoms. The Kier molecular flexibility index (Phi) is 6.57. The van der Waals surface area contributed by atoms with Crippen LogP contribution in [-0.2, 0) is 11.3 Å². The lowest BCUT2D eigenvalue weighted by Crippen LogP contribution is -2.40. The Morgan fingerprint density at radius 2 is 1.74 bits per heavy atom. The maximum absolute atomic E-state index is 12.4. The van der Waals surface area contributed by atoms with Crippen LogP contribution >= 0.6 is 0 Å². The summed E-state index contributed by atoms with van der Waals surface area (Å²) >= 11 is 0. The first-order valence-electron chi connectivity index (χ1n) is 10.8. The van der Waals surface area contributed by atoms with Crippen LogP contribution in [0.2, 0.25) is 0 Å². The molecule has 0 unspecified atom stereocenters. The average Bonchev–Trinajstić information content (AvgIpc) is 3.24. The fourth-order valence-electron chi connectivity index (χ4n) is 4.10. The fraction of sp³-hybridized carbons (Fsp3) is 0.320. The van der Waals surface area contributed by atoms with Crippen LogP contribution in [0.25, 0.3) is 11.4 Å². The van der Waals surface area contributed by atoms with Crippen LogP contribution in [0.3, 0.4) is 0 Å². The summed E-state index contributed by atoms with van der Waals surface area (Å²) in [6.45, 7) is 4.70. The van der Waals surface area contributed by atoms with Crippen molar-refractivity contribution in [3.8, 4) is 11.4 Å². The molecule has 0 spiro atoms. The van der Waals surface area contributed by atoms with Crippen molar-refractivity contribution in [1.29, 1.82) is 0 Å². The summed E-state index contributed by atoms with van der Waals surface area (Å²) in [5.74, 6) is 1.59. The maximum Gasteiger partial charge on any atom is 0.238 e. The highest BCUT2D eigenvalue weighted by molar-refractivity contribution is 5.96. The summed E-state index contributed by atoms with van der Waals surface area (Å²) in [6.07, 6.45) is 6.05. The number of amides is 1. The number of hydrogen-bond acceptors (Lipinski definition) is 4. The second-order valence-corrected chi connectivity index (χ2v) is 8.17. The van der Waals surface area contributed by atoms with Gasteiger partial charge in [0.15, 0.2) is 5.78 Å². The molecule has 6 heteroatoms. The molecule has 1 aliphatic rings.